The molecule has 0 bridgehead atoms. The third kappa shape index (κ3) is 16.1. The van der Waals surface area contributed by atoms with E-state index in [1.807, 2.05) is 13.8 Å². The average molecular weight is 325 g/mol. The predicted molar refractivity (Wildman–Crippen MR) is 103 cm³/mol. The van der Waals surface area contributed by atoms with Crippen molar-refractivity contribution in [1.29, 1.82) is 0 Å². The molecule has 23 heavy (non-hydrogen) atoms. The van der Waals surface area contributed by atoms with E-state index in [4.69, 9.17) is 0 Å². The summed E-state index contributed by atoms with van der Waals surface area (Å²) in [5.74, 6) is 0.182. The molecule has 2 nitrogen and oxygen atoms in total. The van der Waals surface area contributed by atoms with Crippen LogP contribution < -0.4 is 5.32 Å². The van der Waals surface area contributed by atoms with Crippen LogP contribution in [0.15, 0.2) is 0 Å². The molecule has 0 saturated carbocycles. The van der Waals surface area contributed by atoms with Gasteiger partial charge in [-0.1, -0.05) is 90.9 Å². The first-order chi connectivity index (χ1) is 11.0. The molecule has 0 rings (SSSR count). The molecule has 0 atom stereocenters. The Labute approximate surface area is 146 Å². The maximum absolute atomic E-state index is 11.8. The van der Waals surface area contributed by atoms with Crippen LogP contribution in [0.4, 0.5) is 0 Å². The van der Waals surface area contributed by atoms with Crippen LogP contribution in [0, 0.1) is 6.92 Å². The lowest BCUT2D eigenvalue weighted by molar-refractivity contribution is -0.122. The van der Waals surface area contributed by atoms with Crippen molar-refractivity contribution in [1.82, 2.24) is 5.32 Å². The second-order valence-electron chi connectivity index (χ2n) is 7.67. The van der Waals surface area contributed by atoms with E-state index in [1.54, 1.807) is 0 Å². The number of rotatable bonds is 16. The topological polar surface area (TPSA) is 29.1 Å². The van der Waals surface area contributed by atoms with Crippen LogP contribution in [0.5, 0.6) is 0 Å². The molecule has 0 heterocycles. The molecule has 1 radical (unpaired) electrons. The first kappa shape index (κ1) is 22.5. The van der Waals surface area contributed by atoms with Gasteiger partial charge in [0, 0.05) is 12.0 Å². The quantitative estimate of drug-likeness (QED) is 0.319. The van der Waals surface area contributed by atoms with Crippen molar-refractivity contribution in [3.8, 4) is 0 Å². The summed E-state index contributed by atoms with van der Waals surface area (Å²) >= 11 is 0. The molecule has 0 aliphatic heterocycles. The van der Waals surface area contributed by atoms with E-state index in [0.29, 0.717) is 6.42 Å². The molecule has 0 saturated heterocycles. The molecule has 0 aromatic rings. The van der Waals surface area contributed by atoms with Crippen LogP contribution in [0.1, 0.15) is 117 Å². The summed E-state index contributed by atoms with van der Waals surface area (Å²) < 4.78 is 0. The molecule has 1 amide bonds. The highest BCUT2D eigenvalue weighted by Crippen LogP contribution is 2.13. The molecule has 0 aliphatic carbocycles. The van der Waals surface area contributed by atoms with Gasteiger partial charge < -0.3 is 5.32 Å². The second-order valence-corrected chi connectivity index (χ2v) is 7.67. The zero-order valence-corrected chi connectivity index (χ0v) is 16.2. The number of carbonyl (C=O) groups excluding carboxylic acids is 1. The summed E-state index contributed by atoms with van der Waals surface area (Å²) in [7, 11) is 0. The van der Waals surface area contributed by atoms with Crippen molar-refractivity contribution in [3.05, 3.63) is 6.92 Å². The van der Waals surface area contributed by atoms with E-state index in [9.17, 15) is 4.79 Å². The molecule has 137 valence electrons. The summed E-state index contributed by atoms with van der Waals surface area (Å²) in [6.45, 7) is 10.2. The molecular formula is C21H42NO. The van der Waals surface area contributed by atoms with Crippen molar-refractivity contribution in [2.24, 2.45) is 0 Å². The summed E-state index contributed by atoms with van der Waals surface area (Å²) in [6, 6.07) is 0. The van der Waals surface area contributed by atoms with E-state index in [2.05, 4.69) is 19.2 Å². The first-order valence-corrected chi connectivity index (χ1v) is 10.1. The second kappa shape index (κ2) is 15.0. The zero-order chi connectivity index (χ0) is 17.4. The van der Waals surface area contributed by atoms with Crippen molar-refractivity contribution >= 4 is 5.91 Å². The van der Waals surface area contributed by atoms with Crippen LogP contribution >= 0.6 is 0 Å². The first-order valence-electron chi connectivity index (χ1n) is 10.1. The van der Waals surface area contributed by atoms with Gasteiger partial charge in [0.2, 0.25) is 5.91 Å². The summed E-state index contributed by atoms with van der Waals surface area (Å²) in [4.78, 5) is 11.8. The number of hydrogen-bond acceptors (Lipinski definition) is 1. The molecule has 0 aromatic heterocycles. The van der Waals surface area contributed by atoms with Gasteiger partial charge in [-0.05, 0) is 26.7 Å². The Bertz CT molecular complexity index is 273. The number of nitrogens with one attached hydrogen (secondary N) is 1. The van der Waals surface area contributed by atoms with E-state index < -0.39 is 0 Å². The SMILES string of the molecule is [CH2]CC(C)(C)NC(=O)CCCCCCCCCCCCCCC. The van der Waals surface area contributed by atoms with Crippen molar-refractivity contribution < 1.29 is 4.79 Å². The third-order valence-corrected chi connectivity index (χ3v) is 4.61. The Hall–Kier alpha value is -0.530. The van der Waals surface area contributed by atoms with Crippen LogP contribution in [-0.4, -0.2) is 11.4 Å². The van der Waals surface area contributed by atoms with E-state index >= 15 is 0 Å². The Balaban J connectivity index is 3.23. The average Bonchev–Trinajstić information content (AvgIpc) is 2.51. The highest BCUT2D eigenvalue weighted by atomic mass is 16.1. The minimum absolute atomic E-state index is 0.159. The van der Waals surface area contributed by atoms with Crippen LogP contribution in [-0.2, 0) is 4.79 Å². The monoisotopic (exact) mass is 324 g/mol. The Morgan fingerprint density at radius 2 is 1.17 bits per heavy atom. The van der Waals surface area contributed by atoms with Crippen LogP contribution in [0.3, 0.4) is 0 Å². The van der Waals surface area contributed by atoms with Gasteiger partial charge in [0.25, 0.3) is 0 Å². The lowest BCUT2D eigenvalue weighted by Gasteiger charge is -2.24. The number of carbonyl (C=O) groups is 1. The Morgan fingerprint density at radius 1 is 0.783 bits per heavy atom. The Morgan fingerprint density at radius 3 is 1.57 bits per heavy atom. The highest BCUT2D eigenvalue weighted by Gasteiger charge is 2.16. The van der Waals surface area contributed by atoms with E-state index in [-0.39, 0.29) is 11.4 Å². The lowest BCUT2D eigenvalue weighted by atomic mass is 10.0. The fourth-order valence-corrected chi connectivity index (χ4v) is 2.81. The van der Waals surface area contributed by atoms with Crippen LogP contribution in [0.2, 0.25) is 0 Å². The maximum atomic E-state index is 11.8. The van der Waals surface area contributed by atoms with Crippen molar-refractivity contribution in [2.75, 3.05) is 0 Å². The minimum atomic E-state index is -0.159. The smallest absolute Gasteiger partial charge is 0.220 e. The van der Waals surface area contributed by atoms with Gasteiger partial charge in [-0.3, -0.25) is 4.79 Å². The molecule has 0 spiro atoms. The zero-order valence-electron chi connectivity index (χ0n) is 16.2. The maximum Gasteiger partial charge on any atom is 0.220 e. The molecule has 1 N–H and O–H groups in total. The third-order valence-electron chi connectivity index (χ3n) is 4.61. The lowest BCUT2D eigenvalue weighted by Crippen LogP contribution is -2.42. The number of hydrogen-bond donors (Lipinski definition) is 1. The van der Waals surface area contributed by atoms with Gasteiger partial charge >= 0.3 is 0 Å². The molecule has 0 aliphatic rings. The Kier molecular flexibility index (Phi) is 14.7. The molecule has 2 heteroatoms. The fourth-order valence-electron chi connectivity index (χ4n) is 2.81. The van der Waals surface area contributed by atoms with Gasteiger partial charge in [0.05, 0.1) is 0 Å². The van der Waals surface area contributed by atoms with Crippen LogP contribution in [0.25, 0.3) is 0 Å². The standard InChI is InChI=1S/C21H42NO/c1-5-7-8-9-10-11-12-13-14-15-16-17-18-19-20(23)22-21(3,4)6-2/h2,5-19H2,1,3-4H3,(H,22,23). The van der Waals surface area contributed by atoms with Crippen molar-refractivity contribution in [3.63, 3.8) is 0 Å². The van der Waals surface area contributed by atoms with Gasteiger partial charge in [-0.25, -0.2) is 0 Å². The molecule has 0 fully saturated rings. The van der Waals surface area contributed by atoms with Gasteiger partial charge in [-0.15, -0.1) is 0 Å². The fraction of sp³-hybridized carbons (Fsp3) is 0.905. The highest BCUT2D eigenvalue weighted by molar-refractivity contribution is 5.76. The van der Waals surface area contributed by atoms with Gasteiger partial charge in [0.1, 0.15) is 0 Å². The summed E-state index contributed by atoms with van der Waals surface area (Å²) in [6.07, 6.45) is 18.9. The number of unbranched alkanes of at least 4 members (excludes halogenated alkanes) is 12. The molecular weight excluding hydrogens is 282 g/mol. The minimum Gasteiger partial charge on any atom is -0.351 e. The van der Waals surface area contributed by atoms with Gasteiger partial charge in [-0.2, -0.15) is 0 Å². The van der Waals surface area contributed by atoms with E-state index in [0.717, 1.165) is 12.8 Å². The van der Waals surface area contributed by atoms with Crippen molar-refractivity contribution in [2.45, 2.75) is 123 Å². The molecule has 0 aromatic carbocycles. The largest absolute Gasteiger partial charge is 0.351 e. The summed E-state index contributed by atoms with van der Waals surface area (Å²) in [5.41, 5.74) is -0.159. The van der Waals surface area contributed by atoms with Gasteiger partial charge in [0.15, 0.2) is 0 Å². The van der Waals surface area contributed by atoms with E-state index in [1.165, 1.54) is 77.0 Å². The summed E-state index contributed by atoms with van der Waals surface area (Å²) in [5, 5.41) is 3.05. The normalized spacial score (nSPS) is 11.7. The number of amides is 1. The predicted octanol–water partition coefficient (Wildman–Crippen LogP) is 6.59. The molecule has 0 unspecified atom stereocenters.